The van der Waals surface area contributed by atoms with Crippen LogP contribution in [0.3, 0.4) is 0 Å². The Labute approximate surface area is 190 Å². The maximum Gasteiger partial charge on any atom is 0.336 e. The number of ketones is 1. The van der Waals surface area contributed by atoms with Gasteiger partial charge in [-0.05, 0) is 35.9 Å². The minimum Gasteiger partial charge on any atom is -0.507 e. The number of phenols is 1. The van der Waals surface area contributed by atoms with Crippen molar-refractivity contribution in [1.82, 2.24) is 4.98 Å². The van der Waals surface area contributed by atoms with Gasteiger partial charge in [0.15, 0.2) is 17.3 Å². The fourth-order valence-corrected chi connectivity index (χ4v) is 3.49. The number of aromatic hydroxyl groups is 1. The molecule has 0 aliphatic carbocycles. The van der Waals surface area contributed by atoms with E-state index in [1.807, 2.05) is 0 Å². The Bertz CT molecular complexity index is 1220. The van der Waals surface area contributed by atoms with Gasteiger partial charge in [0.1, 0.15) is 28.9 Å². The van der Waals surface area contributed by atoms with Crippen LogP contribution in [0, 0.1) is 0 Å². The van der Waals surface area contributed by atoms with E-state index in [0.29, 0.717) is 22.8 Å². The zero-order chi connectivity index (χ0) is 23.4. The summed E-state index contributed by atoms with van der Waals surface area (Å²) in [5.41, 5.74) is 1.34. The number of benzene rings is 2. The molecule has 0 saturated heterocycles. The maximum atomic E-state index is 12.7. The molecule has 168 valence electrons. The topological polar surface area (TPSA) is 104 Å². The molecule has 0 unspecified atom stereocenters. The molecule has 2 heterocycles. The van der Waals surface area contributed by atoms with Gasteiger partial charge in [0.2, 0.25) is 0 Å². The lowest BCUT2D eigenvalue weighted by atomic mass is 9.95. The zero-order valence-electron chi connectivity index (χ0n) is 18.0. The number of pyridine rings is 1. The Morgan fingerprint density at radius 3 is 2.67 bits per heavy atom. The van der Waals surface area contributed by atoms with E-state index in [-0.39, 0.29) is 35.0 Å². The SMILES string of the molecule is COc1ccc([C@@H]2CC(=O)c3c(O)cc(OC(=O)/C=C/c4ccccn4)cc3O2)cc1OC. The molecule has 33 heavy (non-hydrogen) atoms. The Balaban J connectivity index is 1.56. The van der Waals surface area contributed by atoms with Crippen molar-refractivity contribution in [2.75, 3.05) is 14.2 Å². The number of aromatic nitrogens is 1. The van der Waals surface area contributed by atoms with Crippen molar-refractivity contribution in [3.8, 4) is 28.7 Å². The smallest absolute Gasteiger partial charge is 0.336 e. The van der Waals surface area contributed by atoms with Crippen LogP contribution in [-0.2, 0) is 4.79 Å². The number of hydrogen-bond donors (Lipinski definition) is 1. The highest BCUT2D eigenvalue weighted by atomic mass is 16.5. The highest BCUT2D eigenvalue weighted by Gasteiger charge is 2.31. The van der Waals surface area contributed by atoms with Crippen molar-refractivity contribution < 1.29 is 33.6 Å². The molecule has 8 heteroatoms. The molecule has 0 fully saturated rings. The Hall–Kier alpha value is -4.33. The van der Waals surface area contributed by atoms with Gasteiger partial charge in [-0.3, -0.25) is 9.78 Å². The lowest BCUT2D eigenvalue weighted by Gasteiger charge is -2.26. The number of fused-ring (bicyclic) bond motifs is 1. The first kappa shape index (κ1) is 21.9. The number of Topliss-reactive ketones (excluding diaryl/α,β-unsaturated/α-hetero) is 1. The second-order valence-corrected chi connectivity index (χ2v) is 7.17. The quantitative estimate of drug-likeness (QED) is 0.342. The number of nitrogens with zero attached hydrogens (tertiary/aromatic N) is 1. The van der Waals surface area contributed by atoms with Crippen LogP contribution in [0.25, 0.3) is 6.08 Å². The number of ether oxygens (including phenoxy) is 4. The summed E-state index contributed by atoms with van der Waals surface area (Å²) in [4.78, 5) is 29.0. The minimum absolute atomic E-state index is 0.0298. The van der Waals surface area contributed by atoms with Gasteiger partial charge < -0.3 is 24.1 Å². The Kier molecular flexibility index (Phi) is 6.26. The monoisotopic (exact) mass is 447 g/mol. The van der Waals surface area contributed by atoms with Gasteiger partial charge in [0, 0.05) is 24.4 Å². The fraction of sp³-hybridized carbons (Fsp3) is 0.160. The number of phenolic OH excluding ortho intramolecular Hbond substituents is 1. The first-order valence-corrected chi connectivity index (χ1v) is 10.1. The van der Waals surface area contributed by atoms with Crippen molar-refractivity contribution in [1.29, 1.82) is 0 Å². The lowest BCUT2D eigenvalue weighted by Crippen LogP contribution is -2.21. The molecular formula is C25H21NO7. The molecule has 1 aliphatic rings. The average molecular weight is 447 g/mol. The second kappa shape index (κ2) is 9.44. The molecule has 1 atom stereocenters. The molecule has 1 N–H and O–H groups in total. The summed E-state index contributed by atoms with van der Waals surface area (Å²) >= 11 is 0. The Morgan fingerprint density at radius 2 is 1.94 bits per heavy atom. The van der Waals surface area contributed by atoms with Gasteiger partial charge in [0.25, 0.3) is 0 Å². The summed E-state index contributed by atoms with van der Waals surface area (Å²) in [5.74, 6) is -0.0542. The van der Waals surface area contributed by atoms with Gasteiger partial charge in [-0.15, -0.1) is 0 Å². The van der Waals surface area contributed by atoms with E-state index in [4.69, 9.17) is 18.9 Å². The molecule has 8 nitrogen and oxygen atoms in total. The van der Waals surface area contributed by atoms with Gasteiger partial charge in [0.05, 0.1) is 26.3 Å². The molecule has 0 bridgehead atoms. The number of esters is 1. The van der Waals surface area contributed by atoms with Gasteiger partial charge in [-0.1, -0.05) is 12.1 Å². The maximum absolute atomic E-state index is 12.7. The molecule has 3 aromatic rings. The number of hydrogen-bond acceptors (Lipinski definition) is 8. The summed E-state index contributed by atoms with van der Waals surface area (Å²) in [5, 5.41) is 10.4. The normalized spacial score (nSPS) is 15.0. The summed E-state index contributed by atoms with van der Waals surface area (Å²) in [7, 11) is 3.05. The van der Waals surface area contributed by atoms with Crippen LogP contribution in [0.15, 0.2) is 60.8 Å². The average Bonchev–Trinajstić information content (AvgIpc) is 2.82. The van der Waals surface area contributed by atoms with Crippen molar-refractivity contribution in [2.24, 2.45) is 0 Å². The predicted molar refractivity (Wildman–Crippen MR) is 119 cm³/mol. The predicted octanol–water partition coefficient (Wildman–Crippen LogP) is 4.13. The number of carbonyl (C=O) groups excluding carboxylic acids is 2. The van der Waals surface area contributed by atoms with Crippen molar-refractivity contribution in [2.45, 2.75) is 12.5 Å². The van der Waals surface area contributed by atoms with Crippen LogP contribution in [0.4, 0.5) is 0 Å². The minimum atomic E-state index is -0.668. The van der Waals surface area contributed by atoms with E-state index < -0.39 is 12.1 Å². The molecule has 0 saturated carbocycles. The van der Waals surface area contributed by atoms with Crippen molar-refractivity contribution in [3.63, 3.8) is 0 Å². The standard InChI is InChI=1S/C25H21NO7/c1-30-20-8-6-15(11-22(20)31-2)21-14-19(28)25-18(27)12-17(13-23(25)33-21)32-24(29)9-7-16-5-3-4-10-26-16/h3-13,21,27H,14H2,1-2H3/b9-7+/t21-/m0/s1. The lowest BCUT2D eigenvalue weighted by molar-refractivity contribution is -0.128. The molecular weight excluding hydrogens is 426 g/mol. The first-order valence-electron chi connectivity index (χ1n) is 10.1. The third-order valence-electron chi connectivity index (χ3n) is 5.05. The summed E-state index contributed by atoms with van der Waals surface area (Å²) in [6.45, 7) is 0. The van der Waals surface area contributed by atoms with Crippen LogP contribution in [0.5, 0.6) is 28.7 Å². The third kappa shape index (κ3) is 4.79. The molecule has 4 rings (SSSR count). The van der Waals surface area contributed by atoms with E-state index in [9.17, 15) is 14.7 Å². The van der Waals surface area contributed by atoms with Crippen LogP contribution >= 0.6 is 0 Å². The van der Waals surface area contributed by atoms with Crippen molar-refractivity contribution in [3.05, 3.63) is 77.6 Å². The van der Waals surface area contributed by atoms with Crippen LogP contribution < -0.4 is 18.9 Å². The largest absolute Gasteiger partial charge is 0.507 e. The van der Waals surface area contributed by atoms with Crippen LogP contribution in [0.2, 0.25) is 0 Å². The molecule has 0 radical (unpaired) electrons. The van der Waals surface area contributed by atoms with Gasteiger partial charge in [-0.2, -0.15) is 0 Å². The van der Waals surface area contributed by atoms with E-state index in [0.717, 1.165) is 0 Å². The van der Waals surface area contributed by atoms with E-state index in [1.54, 1.807) is 42.6 Å². The molecule has 1 aliphatic heterocycles. The van der Waals surface area contributed by atoms with E-state index in [1.165, 1.54) is 38.5 Å². The first-order chi connectivity index (χ1) is 16.0. The fourth-order valence-electron chi connectivity index (χ4n) is 3.49. The molecule has 0 amide bonds. The molecule has 2 aromatic carbocycles. The van der Waals surface area contributed by atoms with E-state index in [2.05, 4.69) is 4.98 Å². The Morgan fingerprint density at radius 1 is 1.12 bits per heavy atom. The number of methoxy groups -OCH3 is 2. The van der Waals surface area contributed by atoms with E-state index >= 15 is 0 Å². The molecule has 0 spiro atoms. The van der Waals surface area contributed by atoms with Crippen LogP contribution in [-0.4, -0.2) is 36.1 Å². The van der Waals surface area contributed by atoms with Gasteiger partial charge in [-0.25, -0.2) is 4.79 Å². The second-order valence-electron chi connectivity index (χ2n) is 7.17. The summed E-state index contributed by atoms with van der Waals surface area (Å²) in [6.07, 6.45) is 3.75. The number of rotatable bonds is 6. The van der Waals surface area contributed by atoms with Crippen molar-refractivity contribution >= 4 is 17.8 Å². The highest BCUT2D eigenvalue weighted by molar-refractivity contribution is 6.03. The van der Waals surface area contributed by atoms with Crippen LogP contribution in [0.1, 0.15) is 34.1 Å². The summed E-state index contributed by atoms with van der Waals surface area (Å²) in [6, 6.07) is 13.1. The summed E-state index contributed by atoms with van der Waals surface area (Å²) < 4.78 is 21.9. The third-order valence-corrected chi connectivity index (χ3v) is 5.05. The number of carbonyl (C=O) groups is 2. The molecule has 1 aromatic heterocycles. The zero-order valence-corrected chi connectivity index (χ0v) is 18.0. The highest BCUT2D eigenvalue weighted by Crippen LogP contribution is 2.43. The van der Waals surface area contributed by atoms with Gasteiger partial charge >= 0.3 is 5.97 Å².